The number of hydrogen-bond acceptors (Lipinski definition) is 11. The first kappa shape index (κ1) is 71.0. The second kappa shape index (κ2) is 49.5. The molecule has 0 aliphatic carbocycles. The summed E-state index contributed by atoms with van der Waals surface area (Å²) in [5.41, 5.74) is 0. The molecule has 73 heavy (non-hydrogen) atoms. The van der Waals surface area contributed by atoms with Crippen LogP contribution in [-0.4, -0.2) is 99.1 Å². The summed E-state index contributed by atoms with van der Waals surface area (Å²) in [7, 11) is 1.32. The van der Waals surface area contributed by atoms with Crippen molar-refractivity contribution >= 4 is 31.7 Å². The Kier molecular flexibility index (Phi) is 48.1. The summed E-state index contributed by atoms with van der Waals surface area (Å²) in [5.74, 6) is -1.25. The molecule has 1 N–H and O–H groups in total. The predicted octanol–water partition coefficient (Wildman–Crippen LogP) is 16.2. The number of hydrogen-bond donors (Lipinski definition) is 1. The van der Waals surface area contributed by atoms with E-state index in [0.29, 0.717) is 49.6 Å². The van der Waals surface area contributed by atoms with Crippen LogP contribution >= 0.6 is 7.82 Å². The molecule has 13 nitrogen and oxygen atoms in total. The predicted molar refractivity (Wildman–Crippen MR) is 297 cm³/mol. The molecule has 0 aromatic rings. The summed E-state index contributed by atoms with van der Waals surface area (Å²) < 4.78 is 46.6. The van der Waals surface area contributed by atoms with Gasteiger partial charge in [-0.3, -0.25) is 28.2 Å². The number of phosphoric acid groups is 1. The van der Waals surface area contributed by atoms with Gasteiger partial charge < -0.3 is 28.3 Å². The van der Waals surface area contributed by atoms with Crippen LogP contribution in [0.2, 0.25) is 0 Å². The Hall–Kier alpha value is -2.05. The lowest BCUT2D eigenvalue weighted by Crippen LogP contribution is -2.37. The molecule has 0 bridgehead atoms. The fraction of sp³-hybridized carbons (Fsp3) is 0.932. The topological polar surface area (TPSA) is 161 Å². The minimum absolute atomic E-state index is 0.0120. The minimum atomic E-state index is -4.47. The van der Waals surface area contributed by atoms with Crippen molar-refractivity contribution in [3.8, 4) is 0 Å². The molecule has 0 amide bonds. The highest BCUT2D eigenvalue weighted by molar-refractivity contribution is 7.47. The van der Waals surface area contributed by atoms with Gasteiger partial charge in [0, 0.05) is 25.7 Å². The van der Waals surface area contributed by atoms with Crippen molar-refractivity contribution in [2.45, 2.75) is 309 Å². The molecule has 0 aliphatic rings. The van der Waals surface area contributed by atoms with E-state index in [-0.39, 0.29) is 50.2 Å². The van der Waals surface area contributed by atoms with Gasteiger partial charge in [0.2, 0.25) is 0 Å². The van der Waals surface area contributed by atoms with E-state index in [2.05, 4.69) is 27.7 Å². The van der Waals surface area contributed by atoms with Crippen LogP contribution in [0.15, 0.2) is 0 Å². The second-order valence-corrected chi connectivity index (χ2v) is 23.5. The van der Waals surface area contributed by atoms with Crippen LogP contribution in [0.3, 0.4) is 0 Å². The highest BCUT2D eigenvalue weighted by atomic mass is 31.2. The van der Waals surface area contributed by atoms with E-state index >= 15 is 0 Å². The Balaban J connectivity index is 4.88. The van der Waals surface area contributed by atoms with Crippen molar-refractivity contribution < 1.29 is 61.1 Å². The Morgan fingerprint density at radius 3 is 1.00 bits per heavy atom. The van der Waals surface area contributed by atoms with E-state index in [9.17, 15) is 28.6 Å². The summed E-state index contributed by atoms with van der Waals surface area (Å²) in [6.45, 7) is 8.55. The summed E-state index contributed by atoms with van der Waals surface area (Å²) in [6, 6.07) is 0. The first-order valence-corrected chi connectivity index (χ1v) is 31.8. The number of unbranched alkanes of at least 4 members (excludes halogenated alkanes) is 27. The van der Waals surface area contributed by atoms with Crippen LogP contribution in [0.1, 0.15) is 291 Å². The van der Waals surface area contributed by atoms with Crippen molar-refractivity contribution in [3.05, 3.63) is 0 Å². The molecule has 0 heterocycles. The summed E-state index contributed by atoms with van der Waals surface area (Å²) in [6.07, 6.45) is 39.5. The normalized spacial score (nSPS) is 13.1. The maximum absolute atomic E-state index is 13.0. The van der Waals surface area contributed by atoms with Gasteiger partial charge >= 0.3 is 31.7 Å². The van der Waals surface area contributed by atoms with Crippen LogP contribution in [0.5, 0.6) is 0 Å². The third kappa shape index (κ3) is 50.5. The van der Waals surface area contributed by atoms with Crippen molar-refractivity contribution in [3.63, 3.8) is 0 Å². The highest BCUT2D eigenvalue weighted by Crippen LogP contribution is 2.43. The lowest BCUT2D eigenvalue weighted by Gasteiger charge is -2.24. The molecule has 0 saturated carbocycles. The fourth-order valence-corrected chi connectivity index (χ4v) is 9.59. The molecule has 2 atom stereocenters. The number of quaternary nitrogens is 1. The van der Waals surface area contributed by atoms with Gasteiger partial charge in [-0.15, -0.1) is 0 Å². The van der Waals surface area contributed by atoms with E-state index in [1.54, 1.807) is 0 Å². The van der Waals surface area contributed by atoms with Gasteiger partial charge in [0.1, 0.15) is 32.0 Å². The van der Waals surface area contributed by atoms with Gasteiger partial charge in [0.25, 0.3) is 0 Å². The van der Waals surface area contributed by atoms with E-state index < -0.39 is 32.5 Å². The number of likely N-dealkylation sites (N-methyl/N-ethyl adjacent to an activating group) is 1. The second-order valence-electron chi connectivity index (χ2n) is 22.0. The maximum Gasteiger partial charge on any atom is 0.472 e. The molecule has 0 radical (unpaired) electrons. The van der Waals surface area contributed by atoms with Crippen LogP contribution in [-0.2, 0) is 51.7 Å². The standard InChI is InChI=1S/C59H114NO12P/c1-8-12-16-20-25-33-41-53(42-34-26-21-17-13-9-2)70-57(62)46-38-30-24-29-37-45-56(61)67-51-55(52-69-73(65,66)68-50-49-60(5,6)7)72-59(64)48-40-32-31-39-47-58(63)71-54(43-35-27-22-18-14-10-3)44-36-28-23-19-15-11-4/h53-55H,8-52H2,1-7H3/p+1/t55-/m0/s1. The highest BCUT2D eigenvalue weighted by Gasteiger charge is 2.27. The van der Waals surface area contributed by atoms with Crippen molar-refractivity contribution in [2.24, 2.45) is 0 Å². The number of nitrogens with zero attached hydrogens (tertiary/aromatic N) is 1. The Labute approximate surface area is 448 Å². The first-order chi connectivity index (χ1) is 35.1. The Bertz CT molecular complexity index is 1330. The zero-order valence-corrected chi connectivity index (χ0v) is 49.3. The Morgan fingerprint density at radius 2 is 0.671 bits per heavy atom. The van der Waals surface area contributed by atoms with Gasteiger partial charge in [-0.05, 0) is 77.0 Å². The molecular weight excluding hydrogens is 946 g/mol. The number of phosphoric ester groups is 1. The number of rotatable bonds is 55. The van der Waals surface area contributed by atoms with Crippen molar-refractivity contribution in [1.29, 1.82) is 0 Å². The lowest BCUT2D eigenvalue weighted by atomic mass is 10.0. The molecule has 1 unspecified atom stereocenters. The van der Waals surface area contributed by atoms with Gasteiger partial charge in [-0.1, -0.05) is 188 Å². The molecular formula is C59H115NO12P+. The quantitative estimate of drug-likeness (QED) is 0.0202. The van der Waals surface area contributed by atoms with Crippen molar-refractivity contribution in [2.75, 3.05) is 47.5 Å². The van der Waals surface area contributed by atoms with E-state index in [1.807, 2.05) is 21.1 Å². The van der Waals surface area contributed by atoms with E-state index in [1.165, 1.54) is 128 Å². The molecule has 0 saturated heterocycles. The van der Waals surface area contributed by atoms with E-state index in [0.717, 1.165) is 83.5 Å². The zero-order valence-electron chi connectivity index (χ0n) is 48.4. The summed E-state index contributed by atoms with van der Waals surface area (Å²) in [5, 5.41) is 0. The molecule has 0 aliphatic heterocycles. The van der Waals surface area contributed by atoms with Gasteiger partial charge in [-0.2, -0.15) is 0 Å². The average Bonchev–Trinajstić information content (AvgIpc) is 3.34. The van der Waals surface area contributed by atoms with Crippen molar-refractivity contribution in [1.82, 2.24) is 0 Å². The van der Waals surface area contributed by atoms with Crippen LogP contribution in [0, 0.1) is 0 Å². The number of ether oxygens (including phenoxy) is 4. The third-order valence-corrected chi connectivity index (χ3v) is 14.5. The molecule has 0 rings (SSSR count). The third-order valence-electron chi connectivity index (χ3n) is 13.6. The largest absolute Gasteiger partial charge is 0.472 e. The molecule has 432 valence electrons. The number of carbonyl (C=O) groups excluding carboxylic acids is 4. The smallest absolute Gasteiger partial charge is 0.462 e. The molecule has 0 fully saturated rings. The maximum atomic E-state index is 13.0. The summed E-state index contributed by atoms with van der Waals surface area (Å²) >= 11 is 0. The first-order valence-electron chi connectivity index (χ1n) is 30.3. The van der Waals surface area contributed by atoms with Gasteiger partial charge in [-0.25, -0.2) is 4.57 Å². The zero-order chi connectivity index (χ0) is 54.1. The minimum Gasteiger partial charge on any atom is -0.462 e. The lowest BCUT2D eigenvalue weighted by molar-refractivity contribution is -0.870. The molecule has 0 spiro atoms. The molecule has 0 aromatic heterocycles. The van der Waals surface area contributed by atoms with Crippen LogP contribution < -0.4 is 0 Å². The van der Waals surface area contributed by atoms with E-state index in [4.69, 9.17) is 28.0 Å². The fourth-order valence-electron chi connectivity index (χ4n) is 8.85. The average molecular weight is 1060 g/mol. The van der Waals surface area contributed by atoms with Crippen LogP contribution in [0.4, 0.5) is 0 Å². The van der Waals surface area contributed by atoms with Crippen LogP contribution in [0.25, 0.3) is 0 Å². The van der Waals surface area contributed by atoms with Gasteiger partial charge in [0.05, 0.1) is 27.7 Å². The number of carbonyl (C=O) groups is 4. The Morgan fingerprint density at radius 1 is 0.384 bits per heavy atom. The van der Waals surface area contributed by atoms with Gasteiger partial charge in [0.15, 0.2) is 6.10 Å². The monoisotopic (exact) mass is 1060 g/mol. The summed E-state index contributed by atoms with van der Waals surface area (Å²) in [4.78, 5) is 61.7. The number of esters is 4. The molecule has 14 heteroatoms. The SMILES string of the molecule is CCCCCCCCC(CCCCCCCC)OC(=O)CCCCCCCC(=O)OC[C@@H](COP(=O)(O)OCC[N+](C)(C)C)OC(=O)CCCCCCC(=O)OC(CCCCCCCC)CCCCCCCC. The molecule has 0 aromatic carbocycles.